The number of alkyl halides is 3. The van der Waals surface area contributed by atoms with Gasteiger partial charge in [0, 0.05) is 24.5 Å². The van der Waals surface area contributed by atoms with Crippen molar-refractivity contribution in [2.75, 3.05) is 31.8 Å². The van der Waals surface area contributed by atoms with Gasteiger partial charge in [0.15, 0.2) is 12.1 Å². The van der Waals surface area contributed by atoms with Crippen molar-refractivity contribution >= 4 is 23.7 Å². The SMILES string of the molecule is COC(=O)[C@H]1COCCN1C(=O)N(c1ccc(C2CC2)cc1F)C(C(=O)OCc1ccccc1)c1cnccc1C(F)(F)F. The number of anilines is 1. The molecule has 2 aromatic carbocycles. The molecule has 1 aliphatic heterocycles. The molecule has 1 aliphatic carbocycles. The highest BCUT2D eigenvalue weighted by Gasteiger charge is 2.46. The number of morpholine rings is 1. The molecule has 1 saturated heterocycles. The Bertz CT molecular complexity index is 1520. The van der Waals surface area contributed by atoms with Gasteiger partial charge in [0.25, 0.3) is 0 Å². The minimum Gasteiger partial charge on any atom is -0.467 e. The summed E-state index contributed by atoms with van der Waals surface area (Å²) in [5.74, 6) is -2.95. The Morgan fingerprint density at radius 1 is 1.11 bits per heavy atom. The molecule has 2 aliphatic rings. The van der Waals surface area contributed by atoms with E-state index >= 15 is 4.39 Å². The fraction of sp³-hybridized carbons (Fsp3) is 0.355. The van der Waals surface area contributed by atoms with Crippen LogP contribution in [0.2, 0.25) is 0 Å². The second-order valence-electron chi connectivity index (χ2n) is 10.4. The van der Waals surface area contributed by atoms with Crippen LogP contribution in [0, 0.1) is 5.82 Å². The summed E-state index contributed by atoms with van der Waals surface area (Å²) in [6, 6.07) is 8.45. The van der Waals surface area contributed by atoms with Gasteiger partial charge in [-0.25, -0.2) is 18.8 Å². The maximum Gasteiger partial charge on any atom is 0.416 e. The highest BCUT2D eigenvalue weighted by atomic mass is 19.4. The van der Waals surface area contributed by atoms with Crippen molar-refractivity contribution in [3.63, 3.8) is 0 Å². The van der Waals surface area contributed by atoms with E-state index in [1.807, 2.05) is 0 Å². The number of aromatic nitrogens is 1. The van der Waals surface area contributed by atoms with Gasteiger partial charge in [0.1, 0.15) is 12.4 Å². The number of ether oxygens (including phenoxy) is 3. The maximum atomic E-state index is 15.9. The summed E-state index contributed by atoms with van der Waals surface area (Å²) in [6.45, 7) is -0.841. The van der Waals surface area contributed by atoms with Gasteiger partial charge in [-0.1, -0.05) is 36.4 Å². The molecule has 2 fully saturated rings. The van der Waals surface area contributed by atoms with Gasteiger partial charge in [0.05, 0.1) is 31.6 Å². The smallest absolute Gasteiger partial charge is 0.416 e. The van der Waals surface area contributed by atoms with E-state index in [2.05, 4.69) is 4.98 Å². The van der Waals surface area contributed by atoms with E-state index in [4.69, 9.17) is 14.2 Å². The number of pyridine rings is 1. The molecule has 13 heteroatoms. The second kappa shape index (κ2) is 13.0. The number of rotatable bonds is 8. The van der Waals surface area contributed by atoms with Gasteiger partial charge in [-0.3, -0.25) is 9.88 Å². The average molecular weight is 616 g/mol. The first-order valence-corrected chi connectivity index (χ1v) is 13.9. The van der Waals surface area contributed by atoms with Crippen molar-refractivity contribution in [2.24, 2.45) is 0 Å². The fourth-order valence-electron chi connectivity index (χ4n) is 5.11. The van der Waals surface area contributed by atoms with Gasteiger partial charge in [0.2, 0.25) is 0 Å². The molecule has 0 spiro atoms. The van der Waals surface area contributed by atoms with Gasteiger partial charge < -0.3 is 19.1 Å². The summed E-state index contributed by atoms with van der Waals surface area (Å²) in [5, 5.41) is 0. The third-order valence-electron chi connectivity index (χ3n) is 7.49. The lowest BCUT2D eigenvalue weighted by molar-refractivity contribution is -0.150. The van der Waals surface area contributed by atoms with E-state index in [1.54, 1.807) is 36.4 Å². The molecule has 2 heterocycles. The second-order valence-corrected chi connectivity index (χ2v) is 10.4. The van der Waals surface area contributed by atoms with Crippen molar-refractivity contribution in [3.05, 3.63) is 95.1 Å². The number of methoxy groups -OCH3 is 1. The molecule has 1 aromatic heterocycles. The number of urea groups is 1. The van der Waals surface area contributed by atoms with Crippen molar-refractivity contribution in [2.45, 2.75) is 43.6 Å². The topological polar surface area (TPSA) is 98.3 Å². The zero-order valence-electron chi connectivity index (χ0n) is 23.6. The number of benzene rings is 2. The predicted molar refractivity (Wildman–Crippen MR) is 148 cm³/mol. The Morgan fingerprint density at radius 3 is 2.52 bits per heavy atom. The molecule has 44 heavy (non-hydrogen) atoms. The molecule has 2 atom stereocenters. The lowest BCUT2D eigenvalue weighted by Crippen LogP contribution is -2.58. The third kappa shape index (κ3) is 6.67. The molecule has 2 amide bonds. The highest BCUT2D eigenvalue weighted by molar-refractivity contribution is 6.01. The monoisotopic (exact) mass is 615 g/mol. The largest absolute Gasteiger partial charge is 0.467 e. The van der Waals surface area contributed by atoms with E-state index in [9.17, 15) is 27.6 Å². The number of hydrogen-bond donors (Lipinski definition) is 0. The van der Waals surface area contributed by atoms with Crippen LogP contribution < -0.4 is 4.90 Å². The van der Waals surface area contributed by atoms with Gasteiger partial charge in [-0.05, 0) is 48.1 Å². The lowest BCUT2D eigenvalue weighted by Gasteiger charge is -2.40. The summed E-state index contributed by atoms with van der Waals surface area (Å²) in [6.07, 6.45) is -1.60. The standard InChI is InChI=1S/C31H29F4N3O6/c1-42-28(39)26-18-43-14-13-37(26)30(41)38(25-10-9-21(15-24(25)32)20-7-8-20)27(22-16-36-12-11-23(22)31(33,34)35)29(40)44-17-19-5-3-2-4-6-19/h2-6,9-12,15-16,20,26-27H,7-8,13-14,17-18H2,1H3/t26-,27?/m1/s1. The fourth-order valence-corrected chi connectivity index (χ4v) is 5.11. The molecule has 232 valence electrons. The number of nitrogens with zero attached hydrogens (tertiary/aromatic N) is 3. The lowest BCUT2D eigenvalue weighted by atomic mass is 9.99. The number of esters is 2. The Hall–Kier alpha value is -4.52. The first-order chi connectivity index (χ1) is 21.1. The molecule has 1 saturated carbocycles. The van der Waals surface area contributed by atoms with E-state index in [1.165, 1.54) is 12.1 Å². The average Bonchev–Trinajstić information content (AvgIpc) is 3.88. The third-order valence-corrected chi connectivity index (χ3v) is 7.49. The quantitative estimate of drug-likeness (QED) is 0.247. The van der Waals surface area contributed by atoms with Gasteiger partial charge in [-0.15, -0.1) is 0 Å². The van der Waals surface area contributed by atoms with E-state index < -0.39 is 58.9 Å². The van der Waals surface area contributed by atoms with Crippen LogP contribution in [0.5, 0.6) is 0 Å². The summed E-state index contributed by atoms with van der Waals surface area (Å²) >= 11 is 0. The molecular formula is C31H29F4N3O6. The maximum absolute atomic E-state index is 15.9. The van der Waals surface area contributed by atoms with Gasteiger partial charge >= 0.3 is 24.1 Å². The molecular weight excluding hydrogens is 586 g/mol. The van der Waals surface area contributed by atoms with Crippen molar-refractivity contribution in [1.82, 2.24) is 9.88 Å². The summed E-state index contributed by atoms with van der Waals surface area (Å²) in [5.41, 5.74) is -1.31. The Kier molecular flexibility index (Phi) is 9.14. The molecule has 0 bridgehead atoms. The summed E-state index contributed by atoms with van der Waals surface area (Å²) in [7, 11) is 1.10. The summed E-state index contributed by atoms with van der Waals surface area (Å²) in [4.78, 5) is 46.3. The predicted octanol–water partition coefficient (Wildman–Crippen LogP) is 5.40. The van der Waals surface area contributed by atoms with Crippen LogP contribution in [0.15, 0.2) is 67.0 Å². The zero-order valence-corrected chi connectivity index (χ0v) is 23.6. The van der Waals surface area contributed by atoms with Crippen LogP contribution in [-0.2, 0) is 36.6 Å². The molecule has 0 N–H and O–H groups in total. The van der Waals surface area contributed by atoms with Crippen LogP contribution in [-0.4, -0.2) is 60.8 Å². The van der Waals surface area contributed by atoms with Gasteiger partial charge in [-0.2, -0.15) is 13.2 Å². The van der Waals surface area contributed by atoms with Crippen LogP contribution in [0.4, 0.5) is 28.0 Å². The normalized spacial score (nSPS) is 17.5. The zero-order chi connectivity index (χ0) is 31.4. The molecule has 5 rings (SSSR count). The first kappa shape index (κ1) is 30.9. The van der Waals surface area contributed by atoms with Crippen LogP contribution >= 0.6 is 0 Å². The van der Waals surface area contributed by atoms with Crippen LogP contribution in [0.25, 0.3) is 0 Å². The summed E-state index contributed by atoms with van der Waals surface area (Å²) < 4.78 is 74.6. The molecule has 0 radical (unpaired) electrons. The minimum absolute atomic E-state index is 0.0278. The number of carbonyl (C=O) groups is 3. The van der Waals surface area contributed by atoms with E-state index in [-0.39, 0.29) is 32.3 Å². The number of amides is 2. The molecule has 3 aromatic rings. The number of halogens is 4. The van der Waals surface area contributed by atoms with Crippen molar-refractivity contribution in [3.8, 4) is 0 Å². The molecule has 1 unspecified atom stereocenters. The van der Waals surface area contributed by atoms with E-state index in [0.717, 1.165) is 37.2 Å². The van der Waals surface area contributed by atoms with Crippen LogP contribution in [0.1, 0.15) is 47.1 Å². The first-order valence-electron chi connectivity index (χ1n) is 13.9. The Morgan fingerprint density at radius 2 is 1.86 bits per heavy atom. The van der Waals surface area contributed by atoms with Crippen LogP contribution in [0.3, 0.4) is 0 Å². The Labute approximate surface area is 250 Å². The number of hydrogen-bond acceptors (Lipinski definition) is 7. The van der Waals surface area contributed by atoms with Crippen molar-refractivity contribution in [1.29, 1.82) is 0 Å². The Balaban J connectivity index is 1.67. The minimum atomic E-state index is -4.98. The van der Waals surface area contributed by atoms with E-state index in [0.29, 0.717) is 22.1 Å². The number of carbonyl (C=O) groups excluding carboxylic acids is 3. The van der Waals surface area contributed by atoms with Crippen molar-refractivity contribution < 1.29 is 46.2 Å². The molecule has 9 nitrogen and oxygen atoms in total. The highest BCUT2D eigenvalue weighted by Crippen LogP contribution is 2.43.